The van der Waals surface area contributed by atoms with E-state index in [1.807, 2.05) is 19.1 Å². The summed E-state index contributed by atoms with van der Waals surface area (Å²) in [4.78, 5) is 44.2. The van der Waals surface area contributed by atoms with E-state index in [0.717, 1.165) is 27.9 Å². The van der Waals surface area contributed by atoms with Crippen molar-refractivity contribution in [2.24, 2.45) is 0 Å². The number of hydrogen-bond acceptors (Lipinski definition) is 7. The minimum Gasteiger partial charge on any atom is -0.507 e. The number of ketones is 1. The van der Waals surface area contributed by atoms with Gasteiger partial charge in [-0.05, 0) is 38.0 Å². The fourth-order valence-electron chi connectivity index (χ4n) is 3.76. The SMILES string of the molecule is COC(=O)c1sc(N2C(=O)C(=O)C(=C(O)c3ccc(C)c(F)c3)[C@@H]2c2ccc(C)cc2)nc1C. The van der Waals surface area contributed by atoms with Gasteiger partial charge in [-0.3, -0.25) is 14.5 Å². The molecular weight excluding hydrogens is 459 g/mol. The molecule has 4 rings (SSSR count). The molecule has 0 bridgehead atoms. The predicted octanol–water partition coefficient (Wildman–Crippen LogP) is 4.62. The zero-order valence-electron chi connectivity index (χ0n) is 18.9. The van der Waals surface area contributed by atoms with Gasteiger partial charge in [-0.2, -0.15) is 0 Å². The van der Waals surface area contributed by atoms with Crippen LogP contribution in [-0.2, 0) is 14.3 Å². The van der Waals surface area contributed by atoms with Crippen molar-refractivity contribution < 1.29 is 28.6 Å². The third kappa shape index (κ3) is 3.88. The number of esters is 1. The number of aliphatic hydroxyl groups excluding tert-OH is 1. The van der Waals surface area contributed by atoms with Crippen LogP contribution >= 0.6 is 11.3 Å². The topological polar surface area (TPSA) is 96.8 Å². The van der Waals surface area contributed by atoms with Crippen LogP contribution < -0.4 is 4.90 Å². The molecule has 1 fully saturated rings. The molecule has 34 heavy (non-hydrogen) atoms. The van der Waals surface area contributed by atoms with E-state index in [1.54, 1.807) is 26.0 Å². The third-order valence-corrected chi connectivity index (χ3v) is 6.78. The van der Waals surface area contributed by atoms with Gasteiger partial charge in [-0.15, -0.1) is 0 Å². The fourth-order valence-corrected chi connectivity index (χ4v) is 4.77. The summed E-state index contributed by atoms with van der Waals surface area (Å²) in [5.74, 6) is -3.50. The highest BCUT2D eigenvalue weighted by Gasteiger charge is 2.48. The number of ether oxygens (including phenoxy) is 1. The summed E-state index contributed by atoms with van der Waals surface area (Å²) in [5.41, 5.74) is 2.11. The van der Waals surface area contributed by atoms with Crippen molar-refractivity contribution in [1.29, 1.82) is 0 Å². The van der Waals surface area contributed by atoms with Gasteiger partial charge in [0, 0.05) is 5.56 Å². The molecular formula is C25H21FN2O5S. The molecule has 3 aromatic rings. The molecule has 0 spiro atoms. The lowest BCUT2D eigenvalue weighted by atomic mass is 9.94. The molecule has 1 amide bonds. The number of rotatable bonds is 4. The van der Waals surface area contributed by atoms with Crippen molar-refractivity contribution in [1.82, 2.24) is 4.98 Å². The first-order valence-electron chi connectivity index (χ1n) is 10.3. The Bertz CT molecular complexity index is 1360. The number of halogens is 1. The molecule has 1 aliphatic rings. The number of hydrogen-bond donors (Lipinski definition) is 1. The highest BCUT2D eigenvalue weighted by molar-refractivity contribution is 7.17. The van der Waals surface area contributed by atoms with Crippen molar-refractivity contribution in [2.45, 2.75) is 26.8 Å². The minimum absolute atomic E-state index is 0.0729. The molecule has 1 atom stereocenters. The van der Waals surface area contributed by atoms with Crippen LogP contribution in [0.5, 0.6) is 0 Å². The average molecular weight is 481 g/mol. The van der Waals surface area contributed by atoms with Crippen LogP contribution in [0, 0.1) is 26.6 Å². The smallest absolute Gasteiger partial charge is 0.350 e. The summed E-state index contributed by atoms with van der Waals surface area (Å²) < 4.78 is 19.0. The lowest BCUT2D eigenvalue weighted by molar-refractivity contribution is -0.132. The molecule has 9 heteroatoms. The molecule has 0 aliphatic carbocycles. The first-order valence-corrected chi connectivity index (χ1v) is 11.2. The number of carbonyl (C=O) groups is 3. The summed E-state index contributed by atoms with van der Waals surface area (Å²) in [7, 11) is 1.24. The Labute approximate surface area is 199 Å². The molecule has 0 saturated carbocycles. The monoisotopic (exact) mass is 480 g/mol. The van der Waals surface area contributed by atoms with Crippen molar-refractivity contribution in [3.63, 3.8) is 0 Å². The van der Waals surface area contributed by atoms with Crippen LogP contribution in [0.1, 0.15) is 43.7 Å². The Hall–Kier alpha value is -3.85. The molecule has 1 N–H and O–H groups in total. The van der Waals surface area contributed by atoms with Crippen molar-refractivity contribution in [3.8, 4) is 0 Å². The standard InChI is InChI=1S/C25H21FN2O5S/c1-12-5-8-15(9-6-12)19-18(20(29)16-10-7-13(2)17(26)11-16)21(30)23(31)28(19)25-27-14(3)22(34-25)24(32)33-4/h5-11,19,29H,1-4H3/t19-/m0/s1. The number of aromatic nitrogens is 1. The molecule has 0 radical (unpaired) electrons. The second-order valence-electron chi connectivity index (χ2n) is 7.95. The molecule has 1 aliphatic heterocycles. The number of Topliss-reactive ketones (excluding diaryl/α,β-unsaturated/α-hetero) is 1. The minimum atomic E-state index is -1.03. The number of aliphatic hydroxyl groups is 1. The number of benzene rings is 2. The lowest BCUT2D eigenvalue weighted by Crippen LogP contribution is -2.29. The second-order valence-corrected chi connectivity index (χ2v) is 8.92. The number of methoxy groups -OCH3 is 1. The second kappa shape index (κ2) is 8.83. The van der Waals surface area contributed by atoms with Crippen molar-refractivity contribution >= 4 is 39.9 Å². The largest absolute Gasteiger partial charge is 0.507 e. The maximum Gasteiger partial charge on any atom is 0.350 e. The van der Waals surface area contributed by atoms with E-state index in [0.29, 0.717) is 16.8 Å². The van der Waals surface area contributed by atoms with E-state index in [2.05, 4.69) is 4.98 Å². The number of thiazole rings is 1. The Morgan fingerprint density at radius 3 is 2.41 bits per heavy atom. The Balaban J connectivity index is 1.94. The van der Waals surface area contributed by atoms with Gasteiger partial charge in [0.2, 0.25) is 0 Å². The fraction of sp³-hybridized carbons (Fsp3) is 0.200. The average Bonchev–Trinajstić information content (AvgIpc) is 3.32. The first kappa shape index (κ1) is 23.3. The molecule has 2 heterocycles. The van der Waals surface area contributed by atoms with Crippen molar-refractivity contribution in [3.05, 3.63) is 86.7 Å². The van der Waals surface area contributed by atoms with Gasteiger partial charge >= 0.3 is 11.9 Å². The number of nitrogens with zero attached hydrogens (tertiary/aromatic N) is 2. The summed E-state index contributed by atoms with van der Waals surface area (Å²) >= 11 is 0.914. The highest BCUT2D eigenvalue weighted by atomic mass is 32.1. The zero-order valence-corrected chi connectivity index (χ0v) is 19.7. The van der Waals surface area contributed by atoms with Gasteiger partial charge in [0.25, 0.3) is 5.78 Å². The van der Waals surface area contributed by atoms with Crippen molar-refractivity contribution in [2.75, 3.05) is 12.0 Å². The number of carbonyl (C=O) groups excluding carboxylic acids is 3. The van der Waals surface area contributed by atoms with E-state index in [-0.39, 0.29) is 21.1 Å². The van der Waals surface area contributed by atoms with E-state index in [4.69, 9.17) is 4.74 Å². The number of aryl methyl sites for hydroxylation is 3. The van der Waals surface area contributed by atoms with E-state index in [1.165, 1.54) is 19.2 Å². The predicted molar refractivity (Wildman–Crippen MR) is 125 cm³/mol. The van der Waals surface area contributed by atoms with Gasteiger partial charge in [-0.25, -0.2) is 14.2 Å². The highest BCUT2D eigenvalue weighted by Crippen LogP contribution is 2.44. The Morgan fingerprint density at radius 1 is 1.12 bits per heavy atom. The van der Waals surface area contributed by atoms with E-state index >= 15 is 0 Å². The molecule has 1 aromatic heterocycles. The normalized spacial score (nSPS) is 17.3. The van der Waals surface area contributed by atoms with Gasteiger partial charge in [0.15, 0.2) is 5.13 Å². The van der Waals surface area contributed by atoms with E-state index in [9.17, 15) is 23.9 Å². The lowest BCUT2D eigenvalue weighted by Gasteiger charge is -2.23. The summed E-state index contributed by atoms with van der Waals surface area (Å²) in [6.45, 7) is 5.06. The molecule has 0 unspecified atom stereocenters. The summed E-state index contributed by atoms with van der Waals surface area (Å²) in [6, 6.07) is 10.2. The van der Waals surface area contributed by atoms with Gasteiger partial charge in [0.05, 0.1) is 24.4 Å². The molecule has 174 valence electrons. The van der Waals surface area contributed by atoms with Crippen LogP contribution in [0.4, 0.5) is 9.52 Å². The Kier molecular flexibility index (Phi) is 6.05. The summed E-state index contributed by atoms with van der Waals surface area (Å²) in [5, 5.41) is 11.2. The number of anilines is 1. The van der Waals surface area contributed by atoms with Gasteiger partial charge < -0.3 is 9.84 Å². The number of amides is 1. The van der Waals surface area contributed by atoms with Crippen LogP contribution in [0.3, 0.4) is 0 Å². The van der Waals surface area contributed by atoms with E-state index < -0.39 is 35.3 Å². The first-order chi connectivity index (χ1) is 16.1. The van der Waals surface area contributed by atoms with Crippen LogP contribution in [0.15, 0.2) is 48.0 Å². The molecule has 7 nitrogen and oxygen atoms in total. The van der Waals surface area contributed by atoms with Gasteiger partial charge in [-0.1, -0.05) is 53.3 Å². The molecule has 1 saturated heterocycles. The quantitative estimate of drug-likeness (QED) is 0.253. The van der Waals surface area contributed by atoms with Gasteiger partial charge in [0.1, 0.15) is 16.5 Å². The maximum atomic E-state index is 14.2. The van der Waals surface area contributed by atoms with Crippen LogP contribution in [-0.4, -0.2) is 34.9 Å². The van der Waals surface area contributed by atoms with Crippen LogP contribution in [0.25, 0.3) is 5.76 Å². The zero-order chi connectivity index (χ0) is 24.7. The Morgan fingerprint density at radius 2 is 1.79 bits per heavy atom. The summed E-state index contributed by atoms with van der Waals surface area (Å²) in [6.07, 6.45) is 0. The van der Waals surface area contributed by atoms with Crippen LogP contribution in [0.2, 0.25) is 0 Å². The molecule has 2 aromatic carbocycles. The maximum absolute atomic E-state index is 14.2. The third-order valence-electron chi connectivity index (χ3n) is 5.64.